The highest BCUT2D eigenvalue weighted by Gasteiger charge is 2.66. The average molecular weight is 222 g/mol. The van der Waals surface area contributed by atoms with Gasteiger partial charge in [-0.2, -0.15) is 0 Å². The fourth-order valence-electron chi connectivity index (χ4n) is 3.36. The Morgan fingerprint density at radius 1 is 1.31 bits per heavy atom. The number of aliphatic hydroxyl groups excluding tert-OH is 1. The van der Waals surface area contributed by atoms with Gasteiger partial charge in [0.1, 0.15) is 0 Å². The lowest BCUT2D eigenvalue weighted by Crippen LogP contribution is -2.27. The molecule has 0 aliphatic heterocycles. The van der Waals surface area contributed by atoms with Crippen LogP contribution in [0.15, 0.2) is 12.2 Å². The minimum Gasteiger partial charge on any atom is -0.395 e. The molecule has 0 heterocycles. The Bertz CT molecular complexity index is 313. The predicted molar refractivity (Wildman–Crippen MR) is 68.1 cm³/mol. The van der Waals surface area contributed by atoms with Crippen LogP contribution >= 0.6 is 0 Å². The third-order valence-electron chi connectivity index (χ3n) is 5.54. The van der Waals surface area contributed by atoms with Gasteiger partial charge in [-0.05, 0) is 35.5 Å². The summed E-state index contributed by atoms with van der Waals surface area (Å²) < 4.78 is 0. The number of aliphatic hydroxyl groups is 1. The molecule has 0 saturated heterocycles. The first kappa shape index (κ1) is 12.2. The van der Waals surface area contributed by atoms with Crippen molar-refractivity contribution in [3.63, 3.8) is 0 Å². The van der Waals surface area contributed by atoms with E-state index < -0.39 is 0 Å². The van der Waals surface area contributed by atoms with Crippen molar-refractivity contribution in [1.29, 1.82) is 0 Å². The third-order valence-corrected chi connectivity index (χ3v) is 5.54. The van der Waals surface area contributed by atoms with Crippen LogP contribution in [0.2, 0.25) is 0 Å². The van der Waals surface area contributed by atoms with Crippen LogP contribution in [-0.4, -0.2) is 11.7 Å². The SMILES string of the molecule is CC(C)(/C=C/[C@H]1C[C@@H]2C[C@]2(C)C1(C)C)CO. The van der Waals surface area contributed by atoms with Gasteiger partial charge in [-0.15, -0.1) is 0 Å². The second-order valence-corrected chi connectivity index (χ2v) is 7.39. The number of allylic oxidation sites excluding steroid dienone is 1. The molecule has 2 rings (SSSR count). The maximum Gasteiger partial charge on any atom is 0.0516 e. The molecule has 0 aromatic rings. The Labute approximate surface area is 99.9 Å². The highest BCUT2D eigenvalue weighted by molar-refractivity contribution is 5.20. The Hall–Kier alpha value is -0.300. The number of fused-ring (bicyclic) bond motifs is 1. The van der Waals surface area contributed by atoms with E-state index in [1.807, 2.05) is 0 Å². The first-order valence-electron chi connectivity index (χ1n) is 6.53. The molecule has 0 unspecified atom stereocenters. The predicted octanol–water partition coefficient (Wildman–Crippen LogP) is 3.63. The Morgan fingerprint density at radius 2 is 1.94 bits per heavy atom. The summed E-state index contributed by atoms with van der Waals surface area (Å²) in [7, 11) is 0. The smallest absolute Gasteiger partial charge is 0.0516 e. The molecule has 0 bridgehead atoms. The van der Waals surface area contributed by atoms with E-state index in [1.165, 1.54) is 12.8 Å². The molecular formula is C15H26O. The summed E-state index contributed by atoms with van der Waals surface area (Å²) >= 11 is 0. The van der Waals surface area contributed by atoms with Crippen molar-refractivity contribution >= 4 is 0 Å². The second-order valence-electron chi connectivity index (χ2n) is 7.39. The van der Waals surface area contributed by atoms with Crippen molar-refractivity contribution in [1.82, 2.24) is 0 Å². The maximum atomic E-state index is 9.26. The zero-order valence-corrected chi connectivity index (χ0v) is 11.4. The van der Waals surface area contributed by atoms with Crippen LogP contribution in [-0.2, 0) is 0 Å². The molecule has 16 heavy (non-hydrogen) atoms. The number of hydrogen-bond acceptors (Lipinski definition) is 1. The molecular weight excluding hydrogens is 196 g/mol. The van der Waals surface area contributed by atoms with Crippen LogP contribution in [0.3, 0.4) is 0 Å². The van der Waals surface area contributed by atoms with Crippen LogP contribution < -0.4 is 0 Å². The van der Waals surface area contributed by atoms with Gasteiger partial charge in [0, 0.05) is 5.41 Å². The van der Waals surface area contributed by atoms with E-state index in [4.69, 9.17) is 0 Å². The monoisotopic (exact) mass is 222 g/mol. The van der Waals surface area contributed by atoms with E-state index in [0.717, 1.165) is 5.92 Å². The van der Waals surface area contributed by atoms with Gasteiger partial charge in [0.25, 0.3) is 0 Å². The molecule has 2 saturated carbocycles. The van der Waals surface area contributed by atoms with Gasteiger partial charge in [0.05, 0.1) is 6.61 Å². The summed E-state index contributed by atoms with van der Waals surface area (Å²) in [6.07, 6.45) is 7.36. The van der Waals surface area contributed by atoms with E-state index >= 15 is 0 Å². The van der Waals surface area contributed by atoms with E-state index in [1.54, 1.807) is 0 Å². The topological polar surface area (TPSA) is 20.2 Å². The highest BCUT2D eigenvalue weighted by atomic mass is 16.3. The zero-order valence-electron chi connectivity index (χ0n) is 11.4. The molecule has 3 atom stereocenters. The van der Waals surface area contributed by atoms with Gasteiger partial charge in [0.2, 0.25) is 0 Å². The fraction of sp³-hybridized carbons (Fsp3) is 0.867. The van der Waals surface area contributed by atoms with Crippen LogP contribution in [0.25, 0.3) is 0 Å². The normalized spacial score (nSPS) is 41.4. The number of rotatable bonds is 3. The van der Waals surface area contributed by atoms with Crippen molar-refractivity contribution in [2.45, 2.75) is 47.5 Å². The summed E-state index contributed by atoms with van der Waals surface area (Å²) in [6, 6.07) is 0. The first-order valence-corrected chi connectivity index (χ1v) is 6.53. The van der Waals surface area contributed by atoms with E-state index in [2.05, 4.69) is 46.8 Å². The molecule has 0 aromatic heterocycles. The van der Waals surface area contributed by atoms with E-state index in [-0.39, 0.29) is 12.0 Å². The first-order chi connectivity index (χ1) is 7.23. The number of hydrogen-bond donors (Lipinski definition) is 1. The molecule has 0 amide bonds. The van der Waals surface area contributed by atoms with Gasteiger partial charge in [-0.1, -0.05) is 46.8 Å². The minimum atomic E-state index is -0.0657. The molecule has 92 valence electrons. The minimum absolute atomic E-state index is 0.0657. The summed E-state index contributed by atoms with van der Waals surface area (Å²) in [5.41, 5.74) is 0.953. The molecule has 0 aromatic carbocycles. The Kier molecular flexibility index (Phi) is 2.55. The Morgan fingerprint density at radius 3 is 2.38 bits per heavy atom. The van der Waals surface area contributed by atoms with Crippen molar-refractivity contribution in [3.8, 4) is 0 Å². The molecule has 0 radical (unpaired) electrons. The Balaban J connectivity index is 2.09. The molecule has 1 heteroatoms. The molecule has 2 fully saturated rings. The zero-order chi connectivity index (χ0) is 12.2. The maximum absolute atomic E-state index is 9.26. The van der Waals surface area contributed by atoms with E-state index in [0.29, 0.717) is 16.7 Å². The lowest BCUT2D eigenvalue weighted by molar-refractivity contribution is 0.174. The summed E-state index contributed by atoms with van der Waals surface area (Å²) in [5.74, 6) is 1.65. The highest BCUT2D eigenvalue weighted by Crippen LogP contribution is 2.74. The summed E-state index contributed by atoms with van der Waals surface area (Å²) in [4.78, 5) is 0. The van der Waals surface area contributed by atoms with Crippen molar-refractivity contribution < 1.29 is 5.11 Å². The molecule has 1 nitrogen and oxygen atoms in total. The lowest BCUT2D eigenvalue weighted by atomic mass is 9.71. The lowest BCUT2D eigenvalue weighted by Gasteiger charge is -2.34. The van der Waals surface area contributed by atoms with Gasteiger partial charge in [-0.3, -0.25) is 0 Å². The molecule has 1 N–H and O–H groups in total. The van der Waals surface area contributed by atoms with Crippen molar-refractivity contribution in [2.24, 2.45) is 28.1 Å². The van der Waals surface area contributed by atoms with Crippen LogP contribution in [0, 0.1) is 28.1 Å². The fourth-order valence-corrected chi connectivity index (χ4v) is 3.36. The van der Waals surface area contributed by atoms with Crippen molar-refractivity contribution in [2.75, 3.05) is 6.61 Å². The van der Waals surface area contributed by atoms with Crippen LogP contribution in [0.5, 0.6) is 0 Å². The molecule has 2 aliphatic carbocycles. The second kappa shape index (κ2) is 3.35. The van der Waals surface area contributed by atoms with Gasteiger partial charge in [-0.25, -0.2) is 0 Å². The van der Waals surface area contributed by atoms with Gasteiger partial charge < -0.3 is 5.11 Å². The van der Waals surface area contributed by atoms with Crippen molar-refractivity contribution in [3.05, 3.63) is 12.2 Å². The summed E-state index contributed by atoms with van der Waals surface area (Å²) in [6.45, 7) is 11.7. The average Bonchev–Trinajstić information content (AvgIpc) is 2.80. The van der Waals surface area contributed by atoms with Gasteiger partial charge in [0.15, 0.2) is 0 Å². The largest absolute Gasteiger partial charge is 0.395 e. The van der Waals surface area contributed by atoms with Crippen LogP contribution in [0.1, 0.15) is 47.5 Å². The third kappa shape index (κ3) is 1.64. The quantitative estimate of drug-likeness (QED) is 0.723. The summed E-state index contributed by atoms with van der Waals surface area (Å²) in [5, 5.41) is 9.26. The molecule has 2 aliphatic rings. The molecule has 0 spiro atoms. The van der Waals surface area contributed by atoms with Crippen LogP contribution in [0.4, 0.5) is 0 Å². The van der Waals surface area contributed by atoms with E-state index in [9.17, 15) is 5.11 Å². The van der Waals surface area contributed by atoms with Gasteiger partial charge >= 0.3 is 0 Å². The standard InChI is InChI=1S/C15H26O/c1-13(2,10-16)7-6-11-8-12-9-15(12,5)14(11,3)4/h6-7,11-12,16H,8-10H2,1-5H3/b7-6+/t11-,12+,15-/m0/s1.